The monoisotopic (exact) mass is 374 g/mol. The normalized spacial score (nSPS) is 16.8. The van der Waals surface area contributed by atoms with Gasteiger partial charge in [-0.3, -0.25) is 14.4 Å². The summed E-state index contributed by atoms with van der Waals surface area (Å²) >= 11 is 5.86. The average molecular weight is 375 g/mol. The highest BCUT2D eigenvalue weighted by Gasteiger charge is 2.15. The number of anilines is 1. The number of nitrogens with one attached hydrogen (secondary N) is 1. The molecule has 1 saturated heterocycles. The molecule has 6 heteroatoms. The largest absolute Gasteiger partial charge is 0.326 e. The molecule has 1 amide bonds. The third-order valence-electron chi connectivity index (χ3n) is 4.84. The summed E-state index contributed by atoms with van der Waals surface area (Å²) < 4.78 is 1.69. The number of amides is 1. The number of likely N-dealkylation sites (tertiary alicyclic amines) is 1. The van der Waals surface area contributed by atoms with Crippen LogP contribution in [0.2, 0.25) is 5.02 Å². The minimum absolute atomic E-state index is 0.0168. The number of carbonyl (C=O) groups is 1. The SMILES string of the molecule is CC(Cn1cc(Cl)cn1)C(=O)Nc1ccc(CN2CCCCCC2)cc1. The van der Waals surface area contributed by atoms with Crippen LogP contribution in [-0.4, -0.2) is 33.7 Å². The second kappa shape index (κ2) is 9.19. The third-order valence-corrected chi connectivity index (χ3v) is 5.03. The van der Waals surface area contributed by atoms with Gasteiger partial charge in [0.2, 0.25) is 5.91 Å². The summed E-state index contributed by atoms with van der Waals surface area (Å²) in [6, 6.07) is 8.20. The zero-order valence-corrected chi connectivity index (χ0v) is 16.1. The highest BCUT2D eigenvalue weighted by Crippen LogP contribution is 2.16. The predicted octanol–water partition coefficient (Wildman–Crippen LogP) is 4.19. The van der Waals surface area contributed by atoms with E-state index in [0.29, 0.717) is 11.6 Å². The number of hydrogen-bond acceptors (Lipinski definition) is 3. The summed E-state index contributed by atoms with van der Waals surface area (Å²) in [5.74, 6) is -0.209. The van der Waals surface area contributed by atoms with Crippen molar-refractivity contribution in [1.82, 2.24) is 14.7 Å². The molecule has 1 aliphatic rings. The van der Waals surface area contributed by atoms with Crippen molar-refractivity contribution in [2.24, 2.45) is 5.92 Å². The molecule has 1 aromatic carbocycles. The fraction of sp³-hybridized carbons (Fsp3) is 0.500. The van der Waals surface area contributed by atoms with Crippen LogP contribution >= 0.6 is 11.6 Å². The Balaban J connectivity index is 1.50. The standard InChI is InChI=1S/C20H27ClN4O/c1-16(13-25-15-18(21)12-22-25)20(26)23-19-8-6-17(7-9-19)14-24-10-4-2-3-5-11-24/h6-9,12,15-16H,2-5,10-11,13-14H2,1H3,(H,23,26). The highest BCUT2D eigenvalue weighted by molar-refractivity contribution is 6.30. The van der Waals surface area contributed by atoms with E-state index >= 15 is 0 Å². The van der Waals surface area contributed by atoms with Crippen molar-refractivity contribution >= 4 is 23.2 Å². The van der Waals surface area contributed by atoms with Gasteiger partial charge in [0.15, 0.2) is 0 Å². The zero-order valence-electron chi connectivity index (χ0n) is 15.3. The molecule has 1 aromatic heterocycles. The molecular weight excluding hydrogens is 348 g/mol. The average Bonchev–Trinajstić information content (AvgIpc) is 2.87. The van der Waals surface area contributed by atoms with Crippen molar-refractivity contribution in [2.45, 2.75) is 45.7 Å². The summed E-state index contributed by atoms with van der Waals surface area (Å²) in [6.45, 7) is 5.76. The number of benzene rings is 1. The molecule has 26 heavy (non-hydrogen) atoms. The first-order valence-corrected chi connectivity index (χ1v) is 9.78. The molecule has 140 valence electrons. The zero-order chi connectivity index (χ0) is 18.4. The maximum absolute atomic E-state index is 12.4. The van der Waals surface area contributed by atoms with E-state index < -0.39 is 0 Å². The summed E-state index contributed by atoms with van der Waals surface area (Å²) in [7, 11) is 0. The minimum Gasteiger partial charge on any atom is -0.326 e. The van der Waals surface area contributed by atoms with Crippen LogP contribution in [0.15, 0.2) is 36.7 Å². The van der Waals surface area contributed by atoms with E-state index in [9.17, 15) is 4.79 Å². The van der Waals surface area contributed by atoms with E-state index in [1.54, 1.807) is 17.1 Å². The van der Waals surface area contributed by atoms with Crippen LogP contribution in [0, 0.1) is 5.92 Å². The van der Waals surface area contributed by atoms with Crippen molar-refractivity contribution in [2.75, 3.05) is 18.4 Å². The molecule has 1 atom stereocenters. The van der Waals surface area contributed by atoms with Crippen LogP contribution in [0.3, 0.4) is 0 Å². The second-order valence-electron chi connectivity index (χ2n) is 7.16. The van der Waals surface area contributed by atoms with E-state index in [1.165, 1.54) is 44.3 Å². The first-order valence-electron chi connectivity index (χ1n) is 9.40. The lowest BCUT2D eigenvalue weighted by Gasteiger charge is -2.20. The molecule has 0 aliphatic carbocycles. The van der Waals surface area contributed by atoms with Gasteiger partial charge in [0, 0.05) is 18.4 Å². The van der Waals surface area contributed by atoms with Gasteiger partial charge in [0.05, 0.1) is 23.7 Å². The molecule has 0 bridgehead atoms. The summed E-state index contributed by atoms with van der Waals surface area (Å²) in [6.07, 6.45) is 8.61. The van der Waals surface area contributed by atoms with E-state index in [0.717, 1.165) is 12.2 Å². The van der Waals surface area contributed by atoms with Crippen molar-refractivity contribution < 1.29 is 4.79 Å². The molecule has 1 N–H and O–H groups in total. The summed E-state index contributed by atoms with van der Waals surface area (Å²) in [4.78, 5) is 14.9. The minimum atomic E-state index is -0.192. The van der Waals surface area contributed by atoms with Crippen LogP contribution in [-0.2, 0) is 17.9 Å². The first-order chi connectivity index (χ1) is 12.6. The quantitative estimate of drug-likeness (QED) is 0.824. The molecule has 2 heterocycles. The molecule has 0 radical (unpaired) electrons. The third kappa shape index (κ3) is 5.58. The van der Waals surface area contributed by atoms with Gasteiger partial charge in [-0.2, -0.15) is 5.10 Å². The van der Waals surface area contributed by atoms with Crippen LogP contribution in [0.1, 0.15) is 38.2 Å². The molecule has 3 rings (SSSR count). The fourth-order valence-electron chi connectivity index (χ4n) is 3.31. The molecule has 5 nitrogen and oxygen atoms in total. The maximum Gasteiger partial charge on any atom is 0.229 e. The Morgan fingerprint density at radius 1 is 1.19 bits per heavy atom. The van der Waals surface area contributed by atoms with Gasteiger partial charge in [-0.05, 0) is 43.6 Å². The molecule has 2 aromatic rings. The van der Waals surface area contributed by atoms with Crippen LogP contribution < -0.4 is 5.32 Å². The predicted molar refractivity (Wildman–Crippen MR) is 105 cm³/mol. The molecule has 1 fully saturated rings. The van der Waals surface area contributed by atoms with Gasteiger partial charge in [-0.1, -0.05) is 43.5 Å². The fourth-order valence-corrected chi connectivity index (χ4v) is 3.47. The van der Waals surface area contributed by atoms with Crippen molar-refractivity contribution in [3.63, 3.8) is 0 Å². The van der Waals surface area contributed by atoms with Crippen molar-refractivity contribution in [3.05, 3.63) is 47.2 Å². The van der Waals surface area contributed by atoms with Gasteiger partial charge in [0.25, 0.3) is 0 Å². The number of nitrogens with zero attached hydrogens (tertiary/aromatic N) is 3. The summed E-state index contributed by atoms with van der Waals surface area (Å²) in [5.41, 5.74) is 2.13. The summed E-state index contributed by atoms with van der Waals surface area (Å²) in [5, 5.41) is 7.68. The Morgan fingerprint density at radius 2 is 1.88 bits per heavy atom. The van der Waals surface area contributed by atoms with E-state index in [4.69, 9.17) is 11.6 Å². The number of rotatable bonds is 6. The molecule has 1 unspecified atom stereocenters. The first kappa shape index (κ1) is 18.9. The number of hydrogen-bond donors (Lipinski definition) is 1. The van der Waals surface area contributed by atoms with Gasteiger partial charge in [0.1, 0.15) is 0 Å². The van der Waals surface area contributed by atoms with Crippen LogP contribution in [0.4, 0.5) is 5.69 Å². The lowest BCUT2D eigenvalue weighted by atomic mass is 10.1. The van der Waals surface area contributed by atoms with Crippen LogP contribution in [0.25, 0.3) is 0 Å². The van der Waals surface area contributed by atoms with E-state index in [1.807, 2.05) is 19.1 Å². The number of aromatic nitrogens is 2. The number of halogens is 1. The molecule has 0 saturated carbocycles. The smallest absolute Gasteiger partial charge is 0.229 e. The molecular formula is C20H27ClN4O. The van der Waals surface area contributed by atoms with Crippen molar-refractivity contribution in [3.8, 4) is 0 Å². The van der Waals surface area contributed by atoms with Gasteiger partial charge in [-0.15, -0.1) is 0 Å². The lowest BCUT2D eigenvalue weighted by molar-refractivity contribution is -0.119. The second-order valence-corrected chi connectivity index (χ2v) is 7.59. The van der Waals surface area contributed by atoms with Gasteiger partial charge >= 0.3 is 0 Å². The highest BCUT2D eigenvalue weighted by atomic mass is 35.5. The topological polar surface area (TPSA) is 50.2 Å². The van der Waals surface area contributed by atoms with E-state index in [-0.39, 0.29) is 11.8 Å². The Kier molecular flexibility index (Phi) is 6.69. The Hall–Kier alpha value is -1.85. The lowest BCUT2D eigenvalue weighted by Crippen LogP contribution is -2.25. The van der Waals surface area contributed by atoms with Crippen molar-refractivity contribution in [1.29, 1.82) is 0 Å². The molecule has 1 aliphatic heterocycles. The van der Waals surface area contributed by atoms with Crippen LogP contribution in [0.5, 0.6) is 0 Å². The number of carbonyl (C=O) groups excluding carboxylic acids is 1. The van der Waals surface area contributed by atoms with Gasteiger partial charge in [-0.25, -0.2) is 0 Å². The van der Waals surface area contributed by atoms with E-state index in [2.05, 4.69) is 27.4 Å². The van der Waals surface area contributed by atoms with Gasteiger partial charge < -0.3 is 5.32 Å². The maximum atomic E-state index is 12.4. The Bertz CT molecular complexity index is 705. The molecule has 0 spiro atoms. The Labute approximate surface area is 160 Å². The Morgan fingerprint density at radius 3 is 2.50 bits per heavy atom.